The average Bonchev–Trinajstić information content (AvgIpc) is 3.85. The number of fused-ring (bicyclic) bond motifs is 2. The molecule has 1 heterocycles. The van der Waals surface area contributed by atoms with E-state index in [1.807, 2.05) is 36.4 Å². The summed E-state index contributed by atoms with van der Waals surface area (Å²) in [4.78, 5) is 11.8. The number of methoxy groups -OCH3 is 2. The first-order valence-corrected chi connectivity index (χ1v) is 18.0. The lowest BCUT2D eigenvalue weighted by atomic mass is 9.88. The SMILES string of the molecule is COc1ccc(CN(Cc2ccc(OC)cc2)S(=O)(=O)c2ccn(CCC/C=C/CC3(O)CCc4cc5c(c([N+](=O)[O-])c43)CCC5)n2)cc1. The number of rotatable bonds is 15. The molecule has 12 heteroatoms. The quantitative estimate of drug-likeness (QED) is 0.0671. The van der Waals surface area contributed by atoms with E-state index in [1.54, 1.807) is 49.4 Å². The van der Waals surface area contributed by atoms with Crippen LogP contribution in [0.3, 0.4) is 0 Å². The van der Waals surface area contributed by atoms with Gasteiger partial charge in [-0.05, 0) is 104 Å². The molecule has 6 rings (SSSR count). The van der Waals surface area contributed by atoms with E-state index in [-0.39, 0.29) is 28.7 Å². The Morgan fingerprint density at radius 2 is 1.61 bits per heavy atom. The molecule has 2 aliphatic rings. The lowest BCUT2D eigenvalue weighted by Crippen LogP contribution is -2.30. The number of aryl methyl sites for hydroxylation is 3. The fourth-order valence-electron chi connectivity index (χ4n) is 6.97. The molecule has 11 nitrogen and oxygen atoms in total. The zero-order chi connectivity index (χ0) is 34.6. The van der Waals surface area contributed by atoms with Crippen LogP contribution < -0.4 is 9.47 Å². The van der Waals surface area contributed by atoms with Gasteiger partial charge in [-0.3, -0.25) is 14.8 Å². The minimum absolute atomic E-state index is 0.0275. The van der Waals surface area contributed by atoms with Gasteiger partial charge in [-0.1, -0.05) is 42.5 Å². The Balaban J connectivity index is 1.09. The van der Waals surface area contributed by atoms with Crippen molar-refractivity contribution in [2.24, 2.45) is 0 Å². The number of nitro groups is 1. The molecule has 0 amide bonds. The molecule has 0 spiro atoms. The largest absolute Gasteiger partial charge is 0.497 e. The first-order valence-electron chi connectivity index (χ1n) is 16.6. The molecular formula is C37H42N4O7S. The number of sulfonamides is 1. The van der Waals surface area contributed by atoms with Crippen LogP contribution in [-0.2, 0) is 54.5 Å². The Morgan fingerprint density at radius 1 is 0.959 bits per heavy atom. The maximum absolute atomic E-state index is 13.9. The molecule has 0 saturated heterocycles. The fourth-order valence-corrected chi connectivity index (χ4v) is 8.31. The zero-order valence-electron chi connectivity index (χ0n) is 27.9. The summed E-state index contributed by atoms with van der Waals surface area (Å²) in [5.41, 5.74) is 3.75. The van der Waals surface area contributed by atoms with Gasteiger partial charge in [0, 0.05) is 31.4 Å². The van der Waals surface area contributed by atoms with Gasteiger partial charge in [-0.25, -0.2) is 8.42 Å². The predicted octanol–water partition coefficient (Wildman–Crippen LogP) is 6.25. The third kappa shape index (κ3) is 7.41. The summed E-state index contributed by atoms with van der Waals surface area (Å²) >= 11 is 0. The molecule has 3 aromatic carbocycles. The van der Waals surface area contributed by atoms with Crippen LogP contribution in [0.15, 0.2) is 84.0 Å². The molecule has 1 unspecified atom stereocenters. The van der Waals surface area contributed by atoms with Gasteiger partial charge < -0.3 is 14.6 Å². The molecule has 0 radical (unpaired) electrons. The number of aliphatic hydroxyl groups is 1. The van der Waals surface area contributed by atoms with E-state index in [0.717, 1.165) is 40.7 Å². The van der Waals surface area contributed by atoms with Crippen molar-refractivity contribution < 1.29 is 27.9 Å². The number of hydrogen-bond acceptors (Lipinski definition) is 8. The third-order valence-corrected chi connectivity index (χ3v) is 11.2. The second kappa shape index (κ2) is 14.5. The van der Waals surface area contributed by atoms with Crippen LogP contribution in [0.4, 0.5) is 5.69 Å². The number of benzene rings is 3. The number of unbranched alkanes of at least 4 members (excludes halogenated alkanes) is 1. The summed E-state index contributed by atoms with van der Waals surface area (Å²) in [5.74, 6) is 1.38. The van der Waals surface area contributed by atoms with E-state index in [4.69, 9.17) is 9.47 Å². The maximum atomic E-state index is 13.9. The lowest BCUT2D eigenvalue weighted by molar-refractivity contribution is -0.387. The summed E-state index contributed by atoms with van der Waals surface area (Å²) in [6.07, 6.45) is 10.8. The monoisotopic (exact) mass is 686 g/mol. The number of nitrogens with zero attached hydrogens (tertiary/aromatic N) is 4. The molecule has 49 heavy (non-hydrogen) atoms. The molecule has 2 aliphatic carbocycles. The van der Waals surface area contributed by atoms with E-state index < -0.39 is 15.6 Å². The fraction of sp³-hybridized carbons (Fsp3) is 0.378. The second-order valence-corrected chi connectivity index (χ2v) is 14.6. The van der Waals surface area contributed by atoms with Gasteiger partial charge in [0.2, 0.25) is 0 Å². The van der Waals surface area contributed by atoms with Crippen LogP contribution in [-0.4, -0.2) is 46.8 Å². The Morgan fingerprint density at radius 3 is 2.22 bits per heavy atom. The van der Waals surface area contributed by atoms with E-state index >= 15 is 0 Å². The normalized spacial score (nSPS) is 17.1. The van der Waals surface area contributed by atoms with Crippen molar-refractivity contribution in [1.29, 1.82) is 0 Å². The molecule has 1 aromatic heterocycles. The summed E-state index contributed by atoms with van der Waals surface area (Å²) in [7, 11) is -0.783. The Labute approximate surface area is 287 Å². The smallest absolute Gasteiger partial charge is 0.279 e. The second-order valence-electron chi connectivity index (χ2n) is 12.7. The highest BCUT2D eigenvalue weighted by Crippen LogP contribution is 2.48. The average molecular weight is 687 g/mol. The van der Waals surface area contributed by atoms with Crippen molar-refractivity contribution in [3.63, 3.8) is 0 Å². The standard InChI is InChI=1S/C37H42N4O7S/c1-47-31-14-10-27(11-15-31)25-40(26-28-12-16-32(48-2)17-13-28)49(45,46)34-19-23-39(38-34)22-6-4-3-5-20-37(42)21-18-30-24-29-8-7-9-33(29)36(35(30)37)41(43)44/h3,5,10-17,19,23-24,42H,4,6-9,18,20-22,25-26H2,1-2H3/b5-3+. The first-order chi connectivity index (χ1) is 23.6. The van der Waals surface area contributed by atoms with Crippen LogP contribution in [0.5, 0.6) is 11.5 Å². The highest BCUT2D eigenvalue weighted by Gasteiger charge is 2.44. The van der Waals surface area contributed by atoms with Gasteiger partial charge in [0.15, 0.2) is 5.03 Å². The molecule has 0 aliphatic heterocycles. The maximum Gasteiger partial charge on any atom is 0.279 e. The molecular weight excluding hydrogens is 644 g/mol. The number of nitro benzene ring substituents is 1. The van der Waals surface area contributed by atoms with Gasteiger partial charge in [0.1, 0.15) is 17.1 Å². The molecule has 1 N–H and O–H groups in total. The van der Waals surface area contributed by atoms with E-state index in [2.05, 4.69) is 11.2 Å². The van der Waals surface area contributed by atoms with Crippen molar-refractivity contribution in [2.45, 2.75) is 81.6 Å². The molecule has 0 saturated carbocycles. The van der Waals surface area contributed by atoms with E-state index in [1.165, 1.54) is 10.4 Å². The molecule has 4 aromatic rings. The highest BCUT2D eigenvalue weighted by atomic mass is 32.2. The Hall–Kier alpha value is -4.52. The summed E-state index contributed by atoms with van der Waals surface area (Å²) in [6.45, 7) is 0.804. The van der Waals surface area contributed by atoms with Crippen LogP contribution in [0, 0.1) is 10.1 Å². The third-order valence-electron chi connectivity index (χ3n) is 9.55. The van der Waals surface area contributed by atoms with Gasteiger partial charge >= 0.3 is 0 Å². The van der Waals surface area contributed by atoms with E-state index in [9.17, 15) is 23.6 Å². The minimum atomic E-state index is -3.95. The van der Waals surface area contributed by atoms with Crippen LogP contribution in [0.1, 0.15) is 65.5 Å². The zero-order valence-corrected chi connectivity index (χ0v) is 28.7. The van der Waals surface area contributed by atoms with Crippen LogP contribution >= 0.6 is 0 Å². The molecule has 1 atom stereocenters. The predicted molar refractivity (Wildman–Crippen MR) is 185 cm³/mol. The molecule has 0 fully saturated rings. The number of hydrogen-bond donors (Lipinski definition) is 1. The highest BCUT2D eigenvalue weighted by molar-refractivity contribution is 7.89. The lowest BCUT2D eigenvalue weighted by Gasteiger charge is -2.23. The summed E-state index contributed by atoms with van der Waals surface area (Å²) < 4.78 is 41.4. The minimum Gasteiger partial charge on any atom is -0.497 e. The number of ether oxygens (including phenoxy) is 2. The van der Waals surface area contributed by atoms with Crippen molar-refractivity contribution >= 4 is 15.7 Å². The summed E-state index contributed by atoms with van der Waals surface area (Å²) in [5, 5.41) is 28.0. The Kier molecular flexibility index (Phi) is 10.2. The van der Waals surface area contributed by atoms with Gasteiger partial charge in [-0.15, -0.1) is 0 Å². The van der Waals surface area contributed by atoms with Gasteiger partial charge in [0.05, 0.1) is 24.7 Å². The Bertz CT molecular complexity index is 1890. The topological polar surface area (TPSA) is 137 Å². The van der Waals surface area contributed by atoms with Crippen LogP contribution in [0.25, 0.3) is 0 Å². The molecule has 258 valence electrons. The number of aromatic nitrogens is 2. The van der Waals surface area contributed by atoms with Crippen molar-refractivity contribution in [1.82, 2.24) is 14.1 Å². The van der Waals surface area contributed by atoms with Crippen molar-refractivity contribution in [3.8, 4) is 11.5 Å². The van der Waals surface area contributed by atoms with Crippen molar-refractivity contribution in [3.05, 3.63) is 123 Å². The molecule has 0 bridgehead atoms. The van der Waals surface area contributed by atoms with Crippen molar-refractivity contribution in [2.75, 3.05) is 14.2 Å². The summed E-state index contributed by atoms with van der Waals surface area (Å²) in [6, 6.07) is 18.2. The van der Waals surface area contributed by atoms with E-state index in [0.29, 0.717) is 62.1 Å². The van der Waals surface area contributed by atoms with Crippen LogP contribution in [0.2, 0.25) is 0 Å². The van der Waals surface area contributed by atoms with Gasteiger partial charge in [0.25, 0.3) is 15.7 Å². The van der Waals surface area contributed by atoms with Gasteiger partial charge in [-0.2, -0.15) is 9.40 Å². The number of allylic oxidation sites excluding steroid dienone is 1. The first kappa shape index (κ1) is 34.3.